The summed E-state index contributed by atoms with van der Waals surface area (Å²) >= 11 is 0. The highest BCUT2D eigenvalue weighted by Gasteiger charge is 2.32. The van der Waals surface area contributed by atoms with Crippen molar-refractivity contribution in [2.75, 3.05) is 45.3 Å². The predicted molar refractivity (Wildman–Crippen MR) is 124 cm³/mol. The molecule has 0 aliphatic carbocycles. The molecular formula is C24H32N6O2. The largest absolute Gasteiger partial charge is 0.497 e. The van der Waals surface area contributed by atoms with Crippen LogP contribution in [0.25, 0.3) is 0 Å². The summed E-state index contributed by atoms with van der Waals surface area (Å²) in [4.78, 5) is 4.90. The van der Waals surface area contributed by atoms with Gasteiger partial charge in [0.1, 0.15) is 11.5 Å². The van der Waals surface area contributed by atoms with Crippen molar-refractivity contribution < 1.29 is 9.47 Å². The fourth-order valence-electron chi connectivity index (χ4n) is 4.45. The number of rotatable bonds is 8. The van der Waals surface area contributed by atoms with E-state index in [1.165, 1.54) is 0 Å². The van der Waals surface area contributed by atoms with E-state index in [0.29, 0.717) is 12.5 Å². The molecule has 0 amide bonds. The maximum Gasteiger partial charge on any atom is 0.169 e. The Labute approximate surface area is 189 Å². The molecule has 0 saturated carbocycles. The fraction of sp³-hybridized carbons (Fsp3) is 0.458. The molecule has 1 fully saturated rings. The fourth-order valence-corrected chi connectivity index (χ4v) is 4.45. The minimum Gasteiger partial charge on any atom is -0.497 e. The second-order valence-electron chi connectivity index (χ2n) is 8.43. The molecule has 1 aromatic heterocycles. The third-order valence-corrected chi connectivity index (χ3v) is 6.08. The summed E-state index contributed by atoms with van der Waals surface area (Å²) in [7, 11) is 3.40. The molecule has 1 saturated heterocycles. The SMILES string of the molecule is COc1ccc(Cn2nnnc2[C@H](C(C)C)N2CCN(c3ccccc3OC)CC2)cc1. The van der Waals surface area contributed by atoms with Gasteiger partial charge in [-0.3, -0.25) is 4.90 Å². The first-order chi connectivity index (χ1) is 15.6. The van der Waals surface area contributed by atoms with Crippen molar-refractivity contribution in [2.24, 2.45) is 5.92 Å². The van der Waals surface area contributed by atoms with E-state index in [4.69, 9.17) is 9.47 Å². The number of aromatic nitrogens is 4. The zero-order chi connectivity index (χ0) is 22.5. The molecule has 1 aliphatic heterocycles. The zero-order valence-corrected chi connectivity index (χ0v) is 19.3. The molecule has 1 atom stereocenters. The van der Waals surface area contributed by atoms with E-state index in [9.17, 15) is 0 Å². The van der Waals surface area contributed by atoms with Crippen LogP contribution in [0.1, 0.15) is 31.3 Å². The van der Waals surface area contributed by atoms with E-state index in [2.05, 4.69) is 63.4 Å². The third-order valence-electron chi connectivity index (χ3n) is 6.08. The normalized spacial score (nSPS) is 15.7. The lowest BCUT2D eigenvalue weighted by Gasteiger charge is -2.41. The topological polar surface area (TPSA) is 68.5 Å². The molecule has 2 aromatic carbocycles. The molecule has 3 aromatic rings. The summed E-state index contributed by atoms with van der Waals surface area (Å²) in [5.41, 5.74) is 2.29. The van der Waals surface area contributed by atoms with Gasteiger partial charge in [0.25, 0.3) is 0 Å². The van der Waals surface area contributed by atoms with Gasteiger partial charge in [0, 0.05) is 26.2 Å². The van der Waals surface area contributed by atoms with Crippen LogP contribution in [0.2, 0.25) is 0 Å². The summed E-state index contributed by atoms with van der Waals surface area (Å²) in [5, 5.41) is 12.8. The predicted octanol–water partition coefficient (Wildman–Crippen LogP) is 3.26. The standard InChI is InChI=1S/C24H32N6O2/c1-18(2)23(24-25-26-27-30(24)17-19-9-11-20(31-3)12-10-19)29-15-13-28(14-16-29)21-7-5-6-8-22(21)32-4/h5-12,18,23H,13-17H2,1-4H3/t23-/m0/s1. The van der Waals surface area contributed by atoms with Crippen molar-refractivity contribution in [1.82, 2.24) is 25.1 Å². The highest BCUT2D eigenvalue weighted by molar-refractivity contribution is 5.58. The molecule has 0 radical (unpaired) electrons. The molecule has 0 N–H and O–H groups in total. The summed E-state index contributed by atoms with van der Waals surface area (Å²) in [6.45, 7) is 8.86. The highest BCUT2D eigenvalue weighted by atomic mass is 16.5. The number of methoxy groups -OCH3 is 2. The molecule has 0 bridgehead atoms. The molecule has 32 heavy (non-hydrogen) atoms. The molecule has 8 nitrogen and oxygen atoms in total. The highest BCUT2D eigenvalue weighted by Crippen LogP contribution is 2.32. The van der Waals surface area contributed by atoms with Crippen LogP contribution in [-0.4, -0.2) is 65.5 Å². The van der Waals surface area contributed by atoms with Gasteiger partial charge in [-0.25, -0.2) is 4.68 Å². The van der Waals surface area contributed by atoms with Crippen molar-refractivity contribution >= 4 is 5.69 Å². The van der Waals surface area contributed by atoms with E-state index < -0.39 is 0 Å². The second-order valence-corrected chi connectivity index (χ2v) is 8.43. The quantitative estimate of drug-likeness (QED) is 0.537. The van der Waals surface area contributed by atoms with Crippen LogP contribution in [0, 0.1) is 5.92 Å². The van der Waals surface area contributed by atoms with E-state index in [1.54, 1.807) is 14.2 Å². The number of piperazine rings is 1. The lowest BCUT2D eigenvalue weighted by Crippen LogP contribution is -2.49. The summed E-state index contributed by atoms with van der Waals surface area (Å²) in [5.74, 6) is 3.07. The third kappa shape index (κ3) is 4.70. The van der Waals surface area contributed by atoms with E-state index >= 15 is 0 Å². The molecule has 4 rings (SSSR count). The summed E-state index contributed by atoms with van der Waals surface area (Å²) in [6, 6.07) is 16.4. The van der Waals surface area contributed by atoms with Crippen LogP contribution in [-0.2, 0) is 6.54 Å². The van der Waals surface area contributed by atoms with Gasteiger partial charge in [-0.2, -0.15) is 0 Å². The monoisotopic (exact) mass is 436 g/mol. The average molecular weight is 437 g/mol. The Morgan fingerprint density at radius 3 is 2.28 bits per heavy atom. The Morgan fingerprint density at radius 1 is 0.906 bits per heavy atom. The molecule has 0 unspecified atom stereocenters. The molecule has 170 valence electrons. The van der Waals surface area contributed by atoms with Gasteiger partial charge in [-0.05, 0) is 46.2 Å². The second kappa shape index (κ2) is 9.99. The Bertz CT molecular complexity index is 996. The number of anilines is 1. The Hall–Kier alpha value is -3.13. The number of nitrogens with zero attached hydrogens (tertiary/aromatic N) is 6. The average Bonchev–Trinajstić information content (AvgIpc) is 3.27. The van der Waals surface area contributed by atoms with E-state index in [0.717, 1.165) is 54.8 Å². The molecular weight excluding hydrogens is 404 g/mol. The van der Waals surface area contributed by atoms with E-state index in [1.807, 2.05) is 28.9 Å². The molecule has 1 aliphatic rings. The maximum atomic E-state index is 5.56. The number of para-hydroxylation sites is 2. The van der Waals surface area contributed by atoms with Crippen molar-refractivity contribution in [3.8, 4) is 11.5 Å². The van der Waals surface area contributed by atoms with Crippen LogP contribution < -0.4 is 14.4 Å². The van der Waals surface area contributed by atoms with Crippen LogP contribution in [0.3, 0.4) is 0 Å². The van der Waals surface area contributed by atoms with Crippen molar-refractivity contribution in [2.45, 2.75) is 26.4 Å². The van der Waals surface area contributed by atoms with Crippen molar-refractivity contribution in [3.05, 3.63) is 59.9 Å². The van der Waals surface area contributed by atoms with Crippen LogP contribution >= 0.6 is 0 Å². The van der Waals surface area contributed by atoms with Gasteiger partial charge in [-0.15, -0.1) is 5.10 Å². The number of hydrogen-bond acceptors (Lipinski definition) is 7. The molecule has 2 heterocycles. The van der Waals surface area contributed by atoms with Gasteiger partial charge < -0.3 is 14.4 Å². The first-order valence-corrected chi connectivity index (χ1v) is 11.1. The summed E-state index contributed by atoms with van der Waals surface area (Å²) < 4.78 is 12.8. The van der Waals surface area contributed by atoms with Crippen molar-refractivity contribution in [3.63, 3.8) is 0 Å². The molecule has 8 heteroatoms. The number of hydrogen-bond donors (Lipinski definition) is 0. The number of benzene rings is 2. The van der Waals surface area contributed by atoms with Gasteiger partial charge >= 0.3 is 0 Å². The lowest BCUT2D eigenvalue weighted by molar-refractivity contribution is 0.135. The van der Waals surface area contributed by atoms with Crippen LogP contribution in [0.4, 0.5) is 5.69 Å². The smallest absolute Gasteiger partial charge is 0.169 e. The summed E-state index contributed by atoms with van der Waals surface area (Å²) in [6.07, 6.45) is 0. The Kier molecular flexibility index (Phi) is 6.90. The number of ether oxygens (including phenoxy) is 2. The zero-order valence-electron chi connectivity index (χ0n) is 19.3. The number of tetrazole rings is 1. The van der Waals surface area contributed by atoms with Gasteiger partial charge in [0.2, 0.25) is 0 Å². The lowest BCUT2D eigenvalue weighted by atomic mass is 10.0. The maximum absolute atomic E-state index is 5.56. The van der Waals surface area contributed by atoms with Crippen LogP contribution in [0.15, 0.2) is 48.5 Å². The van der Waals surface area contributed by atoms with Gasteiger partial charge in [0.05, 0.1) is 32.5 Å². The minimum atomic E-state index is 0.156. The van der Waals surface area contributed by atoms with Gasteiger partial charge in [0.15, 0.2) is 5.82 Å². The first-order valence-electron chi connectivity index (χ1n) is 11.1. The first kappa shape index (κ1) is 22.1. The minimum absolute atomic E-state index is 0.156. The molecule has 0 spiro atoms. The van der Waals surface area contributed by atoms with E-state index in [-0.39, 0.29) is 6.04 Å². The van der Waals surface area contributed by atoms with Gasteiger partial charge in [-0.1, -0.05) is 38.1 Å². The van der Waals surface area contributed by atoms with Crippen molar-refractivity contribution in [1.29, 1.82) is 0 Å². The Morgan fingerprint density at radius 2 is 1.62 bits per heavy atom. The Balaban J connectivity index is 1.49. The van der Waals surface area contributed by atoms with Crippen LogP contribution in [0.5, 0.6) is 11.5 Å².